The van der Waals surface area contributed by atoms with Crippen molar-refractivity contribution in [1.29, 1.82) is 5.26 Å². The van der Waals surface area contributed by atoms with E-state index in [1.807, 2.05) is 30.3 Å². The molecule has 5 rings (SSSR count). The first-order chi connectivity index (χ1) is 16.5. The highest BCUT2D eigenvalue weighted by molar-refractivity contribution is 7.99. The van der Waals surface area contributed by atoms with Crippen LogP contribution in [0.3, 0.4) is 0 Å². The molecule has 0 bridgehead atoms. The number of ether oxygens (including phenoxy) is 2. The fourth-order valence-corrected chi connectivity index (χ4v) is 4.74. The van der Waals surface area contributed by atoms with Crippen molar-refractivity contribution in [1.82, 2.24) is 9.97 Å². The van der Waals surface area contributed by atoms with Gasteiger partial charge in [-0.3, -0.25) is 10.1 Å². The number of aromatic amines is 1. The average molecular weight is 471 g/mol. The first-order valence-corrected chi connectivity index (χ1v) is 11.0. The van der Waals surface area contributed by atoms with Crippen molar-refractivity contribution in [2.75, 3.05) is 7.11 Å². The van der Waals surface area contributed by atoms with Gasteiger partial charge in [0.1, 0.15) is 23.1 Å². The van der Waals surface area contributed by atoms with E-state index in [-0.39, 0.29) is 17.1 Å². The number of nitro groups is 1. The molecular weight excluding hydrogens is 454 g/mol. The summed E-state index contributed by atoms with van der Waals surface area (Å²) in [5.74, 6) is 0.761. The zero-order valence-electron chi connectivity index (χ0n) is 17.8. The van der Waals surface area contributed by atoms with Gasteiger partial charge < -0.3 is 20.2 Å². The minimum atomic E-state index is -0.518. The van der Waals surface area contributed by atoms with E-state index in [9.17, 15) is 15.4 Å². The molecule has 4 aromatic rings. The lowest BCUT2D eigenvalue weighted by Gasteiger charge is -2.26. The van der Waals surface area contributed by atoms with Gasteiger partial charge in [-0.15, -0.1) is 0 Å². The van der Waals surface area contributed by atoms with Crippen LogP contribution in [0, 0.1) is 21.4 Å². The lowest BCUT2D eigenvalue weighted by molar-refractivity contribution is -0.384. The number of nitrogens with two attached hydrogens (primary N) is 1. The summed E-state index contributed by atoms with van der Waals surface area (Å²) in [5.41, 5.74) is 9.37. The zero-order chi connectivity index (χ0) is 23.8. The van der Waals surface area contributed by atoms with Crippen LogP contribution >= 0.6 is 11.8 Å². The van der Waals surface area contributed by atoms with E-state index in [1.54, 1.807) is 25.3 Å². The summed E-state index contributed by atoms with van der Waals surface area (Å²) in [6.45, 7) is 0. The van der Waals surface area contributed by atoms with Crippen LogP contribution in [-0.4, -0.2) is 22.0 Å². The molecule has 1 aliphatic rings. The number of hydrogen-bond donors (Lipinski definition) is 2. The monoisotopic (exact) mass is 471 g/mol. The standard InChI is InChI=1S/C24H17N5O4S/c1-32-15-6-8-19-20(10-15)28-24(27-19)34-16-7-9-21-17(11-16)22(18(12-25)23(26)33-21)13-2-4-14(5-3-13)29(30)31/h2-11,22H,26H2,1H3,(H,27,28). The van der Waals surface area contributed by atoms with E-state index in [4.69, 9.17) is 15.2 Å². The smallest absolute Gasteiger partial charge is 0.269 e. The number of nitrogens with zero attached hydrogens (tertiary/aromatic N) is 3. The van der Waals surface area contributed by atoms with Gasteiger partial charge in [-0.25, -0.2) is 4.98 Å². The van der Waals surface area contributed by atoms with Crippen LogP contribution in [0.2, 0.25) is 0 Å². The van der Waals surface area contributed by atoms with E-state index in [2.05, 4.69) is 16.0 Å². The number of aromatic nitrogens is 2. The number of nitriles is 1. The topological polar surface area (TPSA) is 140 Å². The minimum absolute atomic E-state index is 0.0185. The van der Waals surface area contributed by atoms with Gasteiger partial charge in [0.25, 0.3) is 5.69 Å². The van der Waals surface area contributed by atoms with Crippen molar-refractivity contribution in [3.05, 3.63) is 93.4 Å². The number of non-ortho nitro benzene ring substituents is 1. The molecule has 1 unspecified atom stereocenters. The summed E-state index contributed by atoms with van der Waals surface area (Å²) in [4.78, 5) is 19.4. The third-order valence-corrected chi connectivity index (χ3v) is 6.38. The van der Waals surface area contributed by atoms with E-state index in [1.165, 1.54) is 23.9 Å². The summed E-state index contributed by atoms with van der Waals surface area (Å²) in [6, 6.07) is 19.4. The largest absolute Gasteiger partial charge is 0.497 e. The van der Waals surface area contributed by atoms with Gasteiger partial charge in [-0.1, -0.05) is 23.9 Å². The van der Waals surface area contributed by atoms with Gasteiger partial charge in [-0.2, -0.15) is 5.26 Å². The van der Waals surface area contributed by atoms with Crippen LogP contribution in [-0.2, 0) is 0 Å². The third-order valence-electron chi connectivity index (χ3n) is 5.51. The first-order valence-electron chi connectivity index (χ1n) is 10.1. The highest BCUT2D eigenvalue weighted by Gasteiger charge is 2.31. The maximum atomic E-state index is 11.1. The molecule has 3 N–H and O–H groups in total. The maximum absolute atomic E-state index is 11.1. The zero-order valence-corrected chi connectivity index (χ0v) is 18.6. The van der Waals surface area contributed by atoms with Crippen LogP contribution in [0.5, 0.6) is 11.5 Å². The molecule has 0 aliphatic carbocycles. The number of imidazole rings is 1. The Bertz CT molecular complexity index is 1500. The van der Waals surface area contributed by atoms with Gasteiger partial charge in [0, 0.05) is 28.7 Å². The van der Waals surface area contributed by atoms with Crippen molar-refractivity contribution in [3.63, 3.8) is 0 Å². The average Bonchev–Trinajstić information content (AvgIpc) is 3.24. The van der Waals surface area contributed by atoms with Gasteiger partial charge in [0.2, 0.25) is 5.88 Å². The molecule has 3 aromatic carbocycles. The second-order valence-corrected chi connectivity index (χ2v) is 8.56. The van der Waals surface area contributed by atoms with Gasteiger partial charge in [0.05, 0.1) is 29.0 Å². The lowest BCUT2D eigenvalue weighted by Crippen LogP contribution is -2.21. The van der Waals surface area contributed by atoms with Crippen molar-refractivity contribution in [3.8, 4) is 17.6 Å². The van der Waals surface area contributed by atoms with Crippen LogP contribution < -0.4 is 15.2 Å². The molecule has 0 spiro atoms. The van der Waals surface area contributed by atoms with Gasteiger partial charge in [-0.05, 0) is 35.9 Å². The normalized spacial score (nSPS) is 14.9. The van der Waals surface area contributed by atoms with Crippen LogP contribution in [0.4, 0.5) is 5.69 Å². The molecule has 9 nitrogen and oxygen atoms in total. The number of fused-ring (bicyclic) bond motifs is 2. The minimum Gasteiger partial charge on any atom is -0.497 e. The van der Waals surface area contributed by atoms with Crippen molar-refractivity contribution in [2.45, 2.75) is 16.0 Å². The quantitative estimate of drug-likeness (QED) is 0.311. The highest BCUT2D eigenvalue weighted by atomic mass is 32.2. The Hall–Kier alpha value is -4.49. The predicted octanol–water partition coefficient (Wildman–Crippen LogP) is 4.85. The van der Waals surface area contributed by atoms with E-state index >= 15 is 0 Å². The number of methoxy groups -OCH3 is 1. The third kappa shape index (κ3) is 3.78. The molecule has 1 atom stereocenters. The van der Waals surface area contributed by atoms with Crippen molar-refractivity contribution >= 4 is 28.5 Å². The fourth-order valence-electron chi connectivity index (χ4n) is 3.89. The molecule has 0 amide bonds. The molecule has 168 valence electrons. The maximum Gasteiger partial charge on any atom is 0.269 e. The number of rotatable bonds is 5. The van der Waals surface area contributed by atoms with Crippen LogP contribution in [0.15, 0.2) is 82.2 Å². The second-order valence-electron chi connectivity index (χ2n) is 7.50. The molecule has 0 radical (unpaired) electrons. The molecule has 1 aliphatic heterocycles. The molecule has 10 heteroatoms. The molecule has 0 fully saturated rings. The van der Waals surface area contributed by atoms with E-state index in [0.717, 1.165) is 27.2 Å². The molecule has 1 aromatic heterocycles. The number of allylic oxidation sites excluding steroid dienone is 1. The Morgan fingerprint density at radius 3 is 2.71 bits per heavy atom. The number of benzene rings is 3. The fraction of sp³-hybridized carbons (Fsp3) is 0.0833. The van der Waals surface area contributed by atoms with Crippen molar-refractivity contribution < 1.29 is 14.4 Å². The Balaban J connectivity index is 1.53. The van der Waals surface area contributed by atoms with E-state index in [0.29, 0.717) is 16.5 Å². The molecule has 2 heterocycles. The summed E-state index contributed by atoms with van der Waals surface area (Å²) in [6.07, 6.45) is 0. The Morgan fingerprint density at radius 2 is 2.00 bits per heavy atom. The Kier molecular flexibility index (Phi) is 5.31. The molecule has 0 saturated carbocycles. The number of H-pyrrole nitrogens is 1. The molecular formula is C24H17N5O4S. The highest BCUT2D eigenvalue weighted by Crippen LogP contribution is 2.44. The lowest BCUT2D eigenvalue weighted by atomic mass is 9.83. The number of hydrogen-bond acceptors (Lipinski definition) is 8. The summed E-state index contributed by atoms with van der Waals surface area (Å²) < 4.78 is 11.0. The van der Waals surface area contributed by atoms with Gasteiger partial charge >= 0.3 is 0 Å². The Labute approximate surface area is 198 Å². The van der Waals surface area contributed by atoms with Gasteiger partial charge in [0.15, 0.2) is 5.16 Å². The van der Waals surface area contributed by atoms with E-state index < -0.39 is 10.8 Å². The van der Waals surface area contributed by atoms with Crippen LogP contribution in [0.25, 0.3) is 11.0 Å². The summed E-state index contributed by atoms with van der Waals surface area (Å²) in [5, 5.41) is 21.5. The Morgan fingerprint density at radius 1 is 1.21 bits per heavy atom. The van der Waals surface area contributed by atoms with Crippen molar-refractivity contribution in [2.24, 2.45) is 5.73 Å². The molecule has 34 heavy (non-hydrogen) atoms. The van der Waals surface area contributed by atoms with Crippen LogP contribution in [0.1, 0.15) is 17.0 Å². The second kappa shape index (κ2) is 8.46. The first kappa shape index (κ1) is 21.4. The molecule has 0 saturated heterocycles. The number of nitrogens with one attached hydrogen (secondary N) is 1. The summed E-state index contributed by atoms with van der Waals surface area (Å²) >= 11 is 1.43. The predicted molar refractivity (Wildman–Crippen MR) is 126 cm³/mol. The number of nitro benzene ring substituents is 1. The summed E-state index contributed by atoms with van der Waals surface area (Å²) in [7, 11) is 1.61. The SMILES string of the molecule is COc1ccc2nc(Sc3ccc4c(c3)C(c3ccc([N+](=O)[O-])cc3)C(C#N)=C(N)O4)[nH]c2c1.